The van der Waals surface area contributed by atoms with Crippen molar-refractivity contribution in [2.24, 2.45) is 0 Å². The lowest BCUT2D eigenvalue weighted by Gasteiger charge is -2.35. The molecule has 2 aliphatic rings. The van der Waals surface area contributed by atoms with E-state index in [2.05, 4.69) is 152 Å². The molecule has 292 valence electrons. The molecule has 14 rings (SSSR count). The van der Waals surface area contributed by atoms with E-state index in [-0.39, 0.29) is 0 Å². The summed E-state index contributed by atoms with van der Waals surface area (Å²) in [6.45, 7) is 0. The van der Waals surface area contributed by atoms with Crippen LogP contribution < -0.4 is 0 Å². The van der Waals surface area contributed by atoms with E-state index in [0.29, 0.717) is 17.5 Å². The molecule has 0 radical (unpaired) electrons. The lowest BCUT2D eigenvalue weighted by Crippen LogP contribution is -2.29. The number of benzene rings is 9. The van der Waals surface area contributed by atoms with Gasteiger partial charge < -0.3 is 8.83 Å². The van der Waals surface area contributed by atoms with Gasteiger partial charge in [0.25, 0.3) is 0 Å². The fourth-order valence-electron chi connectivity index (χ4n) is 10.7. The molecular weight excluding hydrogens is 771 g/mol. The molecule has 9 aromatic carbocycles. The van der Waals surface area contributed by atoms with Gasteiger partial charge in [0.05, 0.1) is 11.0 Å². The second-order valence-corrected chi connectivity index (χ2v) is 16.6. The van der Waals surface area contributed by atoms with Crippen LogP contribution in [0.2, 0.25) is 0 Å². The lowest BCUT2D eigenvalue weighted by molar-refractivity contribution is 0.668. The highest BCUT2D eigenvalue weighted by molar-refractivity contribution is 6.09. The van der Waals surface area contributed by atoms with E-state index in [9.17, 15) is 0 Å². The Morgan fingerprint density at radius 3 is 1.40 bits per heavy atom. The predicted octanol–water partition coefficient (Wildman–Crippen LogP) is 14.7. The van der Waals surface area contributed by atoms with E-state index in [1.165, 1.54) is 50.1 Å². The highest BCUT2D eigenvalue weighted by atomic mass is 16.3. The molecule has 2 aliphatic carbocycles. The van der Waals surface area contributed by atoms with Gasteiger partial charge in [-0.2, -0.15) is 0 Å². The average molecular weight is 804 g/mol. The first-order valence-corrected chi connectivity index (χ1v) is 21.3. The molecule has 0 saturated carbocycles. The summed E-state index contributed by atoms with van der Waals surface area (Å²) in [5.74, 6) is 1.65. The minimum absolute atomic E-state index is 0.533. The van der Waals surface area contributed by atoms with Gasteiger partial charge >= 0.3 is 0 Å². The Morgan fingerprint density at radius 1 is 0.286 bits per heavy atom. The van der Waals surface area contributed by atoms with Crippen LogP contribution in [0.25, 0.3) is 111 Å². The number of rotatable bonds is 3. The number of para-hydroxylation sites is 3. The van der Waals surface area contributed by atoms with E-state index < -0.39 is 5.41 Å². The molecule has 12 aromatic rings. The zero-order valence-corrected chi connectivity index (χ0v) is 33.7. The minimum atomic E-state index is -0.578. The smallest absolute Gasteiger partial charge is 0.167 e. The third-order valence-electron chi connectivity index (χ3n) is 13.4. The molecule has 0 atom stereocenters. The van der Waals surface area contributed by atoms with Gasteiger partial charge in [0, 0.05) is 32.7 Å². The van der Waals surface area contributed by atoms with E-state index in [0.717, 1.165) is 66.1 Å². The molecule has 0 bridgehead atoms. The monoisotopic (exact) mass is 803 g/mol. The largest absolute Gasteiger partial charge is 0.456 e. The van der Waals surface area contributed by atoms with Gasteiger partial charge in [-0.1, -0.05) is 164 Å². The maximum Gasteiger partial charge on any atom is 0.167 e. The quantitative estimate of drug-likeness (QED) is 0.178. The summed E-state index contributed by atoms with van der Waals surface area (Å²) in [6, 6.07) is 71.2. The van der Waals surface area contributed by atoms with Crippen molar-refractivity contribution in [3.63, 3.8) is 0 Å². The Balaban J connectivity index is 1.02. The number of aromatic nitrogens is 3. The molecule has 3 heterocycles. The fourth-order valence-corrected chi connectivity index (χ4v) is 10.7. The van der Waals surface area contributed by atoms with E-state index in [1.807, 2.05) is 48.5 Å². The van der Waals surface area contributed by atoms with E-state index >= 15 is 0 Å². The number of fused-ring (bicyclic) bond motifs is 18. The Morgan fingerprint density at radius 2 is 0.730 bits per heavy atom. The topological polar surface area (TPSA) is 65.0 Å². The Hall–Kier alpha value is -8.41. The molecule has 3 aromatic heterocycles. The molecule has 0 fully saturated rings. The zero-order valence-electron chi connectivity index (χ0n) is 33.7. The number of hydrogen-bond donors (Lipinski definition) is 0. The predicted molar refractivity (Wildman–Crippen MR) is 252 cm³/mol. The van der Waals surface area contributed by atoms with Crippen LogP contribution >= 0.6 is 0 Å². The molecule has 63 heavy (non-hydrogen) atoms. The Labute approximate surface area is 361 Å². The van der Waals surface area contributed by atoms with Crippen LogP contribution in [0.3, 0.4) is 0 Å². The van der Waals surface area contributed by atoms with Crippen molar-refractivity contribution in [2.45, 2.75) is 5.41 Å². The second kappa shape index (κ2) is 12.8. The summed E-state index contributed by atoms with van der Waals surface area (Å²) in [5.41, 5.74) is 17.5. The van der Waals surface area contributed by atoms with Crippen LogP contribution in [0.1, 0.15) is 22.3 Å². The van der Waals surface area contributed by atoms with Crippen LogP contribution in [0, 0.1) is 0 Å². The molecule has 0 N–H and O–H groups in total. The maximum atomic E-state index is 6.56. The molecule has 0 amide bonds. The van der Waals surface area contributed by atoms with Crippen molar-refractivity contribution in [2.75, 3.05) is 0 Å². The summed E-state index contributed by atoms with van der Waals surface area (Å²) in [6.07, 6.45) is 0. The Bertz CT molecular complexity index is 3830. The summed E-state index contributed by atoms with van der Waals surface area (Å²) in [7, 11) is 0. The van der Waals surface area contributed by atoms with Crippen LogP contribution in [0.15, 0.2) is 209 Å². The summed E-state index contributed by atoms with van der Waals surface area (Å²) in [4.78, 5) is 15.8. The van der Waals surface area contributed by atoms with Crippen molar-refractivity contribution < 1.29 is 8.83 Å². The van der Waals surface area contributed by atoms with Crippen LogP contribution in [-0.4, -0.2) is 15.0 Å². The van der Waals surface area contributed by atoms with Crippen LogP contribution in [0.5, 0.6) is 0 Å². The van der Waals surface area contributed by atoms with Gasteiger partial charge in [0.1, 0.15) is 22.3 Å². The normalized spacial score (nSPS) is 13.2. The van der Waals surface area contributed by atoms with Gasteiger partial charge in [-0.25, -0.2) is 15.0 Å². The average Bonchev–Trinajstić information content (AvgIpc) is 3.99. The summed E-state index contributed by atoms with van der Waals surface area (Å²) in [5, 5.41) is 4.19. The number of hydrogen-bond acceptors (Lipinski definition) is 5. The first kappa shape index (κ1) is 34.3. The van der Waals surface area contributed by atoms with Crippen molar-refractivity contribution in [3.05, 3.63) is 222 Å². The minimum Gasteiger partial charge on any atom is -0.456 e. The highest BCUT2D eigenvalue weighted by Gasteiger charge is 2.49. The van der Waals surface area contributed by atoms with Gasteiger partial charge in [0.2, 0.25) is 0 Å². The van der Waals surface area contributed by atoms with Crippen molar-refractivity contribution in [1.82, 2.24) is 15.0 Å². The lowest BCUT2D eigenvalue weighted by atomic mass is 9.66. The molecule has 1 spiro atoms. The van der Waals surface area contributed by atoms with Crippen LogP contribution in [0.4, 0.5) is 0 Å². The Kier molecular flexibility index (Phi) is 6.97. The SMILES string of the molecule is c1ccc2c(c1)-c1ccccc1C1(c3ccccc3-2)c2ccccc2-c2cc(-c3nc(-c4ccc5c(c4)oc4ccccc45)nc(-c4cccc5c4oc4ccccc45)n3)ccc21. The zero-order chi connectivity index (χ0) is 41.2. The maximum absolute atomic E-state index is 6.56. The third-order valence-corrected chi connectivity index (χ3v) is 13.4. The molecule has 0 unspecified atom stereocenters. The fraction of sp³-hybridized carbons (Fsp3) is 0.0172. The standard InChI is InChI=1S/C58H33N3O2/c1-2-15-37-36(14-1)38-16-3-8-23-47(38)58(48-24-9-4-17-39(37)48)49-25-10-5-18-40(49)46-32-34(29-31-50(46)58)55-59-56(35-28-30-43-41-19-6-11-26-51(41)62-53(43)33-35)61-57(60-55)45-22-13-21-44-42-20-7-12-27-52(42)63-54(44)45/h1-33H. The highest BCUT2D eigenvalue weighted by Crippen LogP contribution is 2.61. The number of nitrogens with zero attached hydrogens (tertiary/aromatic N) is 3. The summed E-state index contributed by atoms with van der Waals surface area (Å²) >= 11 is 0. The van der Waals surface area contributed by atoms with E-state index in [4.69, 9.17) is 23.8 Å². The third kappa shape index (κ3) is 4.73. The molecule has 0 aliphatic heterocycles. The van der Waals surface area contributed by atoms with Gasteiger partial charge in [0.15, 0.2) is 17.5 Å². The van der Waals surface area contributed by atoms with Crippen molar-refractivity contribution >= 4 is 43.9 Å². The van der Waals surface area contributed by atoms with E-state index in [1.54, 1.807) is 0 Å². The first-order valence-electron chi connectivity index (χ1n) is 21.3. The summed E-state index contributed by atoms with van der Waals surface area (Å²) < 4.78 is 12.9. The van der Waals surface area contributed by atoms with Crippen LogP contribution in [-0.2, 0) is 5.41 Å². The van der Waals surface area contributed by atoms with Crippen molar-refractivity contribution in [3.8, 4) is 67.5 Å². The van der Waals surface area contributed by atoms with Crippen molar-refractivity contribution in [1.29, 1.82) is 0 Å². The molecular formula is C58H33N3O2. The van der Waals surface area contributed by atoms with Gasteiger partial charge in [-0.15, -0.1) is 0 Å². The van der Waals surface area contributed by atoms with Gasteiger partial charge in [-0.05, 0) is 92.0 Å². The molecule has 0 saturated heterocycles. The first-order chi connectivity index (χ1) is 31.2. The van der Waals surface area contributed by atoms with Gasteiger partial charge in [-0.3, -0.25) is 0 Å². The number of furan rings is 2. The molecule has 5 nitrogen and oxygen atoms in total. The second-order valence-electron chi connectivity index (χ2n) is 16.6. The molecule has 5 heteroatoms.